The van der Waals surface area contributed by atoms with Crippen LogP contribution in [0.2, 0.25) is 0 Å². The van der Waals surface area contributed by atoms with Gasteiger partial charge in [0.2, 0.25) is 0 Å². The molecule has 110 valence electrons. The van der Waals surface area contributed by atoms with Gasteiger partial charge in [0, 0.05) is 23.7 Å². The number of nitrogens with zero attached hydrogens (tertiary/aromatic N) is 4. The first kappa shape index (κ1) is 15.1. The Morgan fingerprint density at radius 3 is 2.80 bits per heavy atom. The summed E-state index contributed by atoms with van der Waals surface area (Å²) in [5, 5.41) is 8.63. The van der Waals surface area contributed by atoms with Gasteiger partial charge in [-0.2, -0.15) is 5.10 Å². The average molecular weight is 294 g/mol. The van der Waals surface area contributed by atoms with Gasteiger partial charge in [0.1, 0.15) is 0 Å². The number of hydrazine groups is 1. The molecule has 2 heterocycles. The molecule has 0 aliphatic carbocycles. The molecule has 0 aliphatic rings. The van der Waals surface area contributed by atoms with Gasteiger partial charge in [0.05, 0.1) is 22.8 Å². The number of aryl methyl sites for hydroxylation is 1. The summed E-state index contributed by atoms with van der Waals surface area (Å²) in [5.74, 6) is 5.76. The summed E-state index contributed by atoms with van der Waals surface area (Å²) < 4.78 is 6.03. The van der Waals surface area contributed by atoms with Crippen LogP contribution in [-0.2, 0) is 12.0 Å². The number of aromatic nitrogens is 4. The van der Waals surface area contributed by atoms with E-state index in [0.717, 1.165) is 29.1 Å². The summed E-state index contributed by atoms with van der Waals surface area (Å²) in [7, 11) is 0. The molecule has 0 saturated heterocycles. The van der Waals surface area contributed by atoms with Crippen molar-refractivity contribution < 1.29 is 0 Å². The Kier molecular flexibility index (Phi) is 4.52. The molecule has 3 N–H and O–H groups in total. The van der Waals surface area contributed by atoms with Crippen molar-refractivity contribution in [1.82, 2.24) is 24.8 Å². The van der Waals surface area contributed by atoms with E-state index in [-0.39, 0.29) is 11.5 Å². The first-order valence-electron chi connectivity index (χ1n) is 6.78. The van der Waals surface area contributed by atoms with Crippen LogP contribution in [0.3, 0.4) is 0 Å². The van der Waals surface area contributed by atoms with Crippen molar-refractivity contribution in [3.63, 3.8) is 0 Å². The molecule has 0 radical (unpaired) electrons. The highest BCUT2D eigenvalue weighted by Gasteiger charge is 2.28. The predicted molar refractivity (Wildman–Crippen MR) is 80.3 cm³/mol. The van der Waals surface area contributed by atoms with Crippen LogP contribution in [0.15, 0.2) is 12.4 Å². The number of hydrogen-bond acceptors (Lipinski definition) is 6. The first-order valence-corrected chi connectivity index (χ1v) is 7.56. The van der Waals surface area contributed by atoms with E-state index in [9.17, 15) is 0 Å². The summed E-state index contributed by atoms with van der Waals surface area (Å²) in [6.45, 7) is 9.42. The smallest absolute Gasteiger partial charge is 0.0868 e. The molecule has 2 rings (SSSR count). The fraction of sp³-hybridized carbons (Fsp3) is 0.615. The van der Waals surface area contributed by atoms with Crippen molar-refractivity contribution in [2.75, 3.05) is 0 Å². The molecule has 0 aliphatic heterocycles. The van der Waals surface area contributed by atoms with Crippen LogP contribution in [0.5, 0.6) is 0 Å². The maximum absolute atomic E-state index is 5.76. The van der Waals surface area contributed by atoms with Crippen LogP contribution in [0.4, 0.5) is 0 Å². The molecule has 0 amide bonds. The molecule has 2 aromatic rings. The zero-order chi connectivity index (χ0) is 14.8. The Hall–Kier alpha value is -1.31. The lowest BCUT2D eigenvalue weighted by atomic mass is 9.89. The Bertz CT molecular complexity index is 553. The van der Waals surface area contributed by atoms with Crippen molar-refractivity contribution in [1.29, 1.82) is 0 Å². The van der Waals surface area contributed by atoms with Crippen molar-refractivity contribution in [3.05, 3.63) is 28.5 Å². The van der Waals surface area contributed by atoms with E-state index in [2.05, 4.69) is 47.8 Å². The van der Waals surface area contributed by atoms with Gasteiger partial charge in [-0.05, 0) is 18.0 Å². The van der Waals surface area contributed by atoms with Crippen LogP contribution >= 0.6 is 11.5 Å². The van der Waals surface area contributed by atoms with Gasteiger partial charge in [0.25, 0.3) is 0 Å². The molecule has 0 saturated carbocycles. The zero-order valence-electron chi connectivity index (χ0n) is 12.4. The third-order valence-corrected chi connectivity index (χ3v) is 3.88. The van der Waals surface area contributed by atoms with E-state index in [4.69, 9.17) is 5.84 Å². The van der Waals surface area contributed by atoms with E-state index >= 15 is 0 Å². The second kappa shape index (κ2) is 5.99. The van der Waals surface area contributed by atoms with Gasteiger partial charge in [-0.1, -0.05) is 32.2 Å². The van der Waals surface area contributed by atoms with Crippen molar-refractivity contribution in [2.24, 2.45) is 5.84 Å². The average Bonchev–Trinajstić information content (AvgIpc) is 3.00. The van der Waals surface area contributed by atoms with E-state index in [1.165, 1.54) is 11.5 Å². The Morgan fingerprint density at radius 2 is 2.20 bits per heavy atom. The maximum atomic E-state index is 5.76. The van der Waals surface area contributed by atoms with Gasteiger partial charge >= 0.3 is 0 Å². The third-order valence-electron chi connectivity index (χ3n) is 3.09. The normalized spacial score (nSPS) is 13.7. The Balaban J connectivity index is 2.35. The quantitative estimate of drug-likeness (QED) is 0.651. The third kappa shape index (κ3) is 3.05. The molecular formula is C13H22N6S. The van der Waals surface area contributed by atoms with Crippen LogP contribution < -0.4 is 11.3 Å². The number of rotatable bonds is 5. The summed E-state index contributed by atoms with van der Waals surface area (Å²) in [6.07, 6.45) is 4.93. The molecular weight excluding hydrogens is 272 g/mol. The SMILES string of the molecule is CCCn1cc(C(NN)c2snnc2C(C)(C)C)cn1. The predicted octanol–water partition coefficient (Wildman–Crippen LogP) is 1.99. The Morgan fingerprint density at radius 1 is 1.45 bits per heavy atom. The highest BCUT2D eigenvalue weighted by atomic mass is 32.1. The van der Waals surface area contributed by atoms with Gasteiger partial charge < -0.3 is 0 Å². The molecule has 0 fully saturated rings. The molecule has 20 heavy (non-hydrogen) atoms. The van der Waals surface area contributed by atoms with Crippen molar-refractivity contribution in [3.8, 4) is 0 Å². The van der Waals surface area contributed by atoms with Crippen molar-refractivity contribution in [2.45, 2.75) is 52.1 Å². The van der Waals surface area contributed by atoms with Crippen LogP contribution in [-0.4, -0.2) is 19.4 Å². The summed E-state index contributed by atoms with van der Waals surface area (Å²) in [5.41, 5.74) is 4.83. The molecule has 1 atom stereocenters. The van der Waals surface area contributed by atoms with Crippen LogP contribution in [0.25, 0.3) is 0 Å². The van der Waals surface area contributed by atoms with Gasteiger partial charge in [-0.25, -0.2) is 5.43 Å². The maximum Gasteiger partial charge on any atom is 0.0868 e. The van der Waals surface area contributed by atoms with Crippen LogP contribution in [0.1, 0.15) is 56.3 Å². The van der Waals surface area contributed by atoms with Crippen LogP contribution in [0, 0.1) is 0 Å². The number of nitrogens with two attached hydrogens (primary N) is 1. The fourth-order valence-electron chi connectivity index (χ4n) is 2.11. The monoisotopic (exact) mass is 294 g/mol. The highest BCUT2D eigenvalue weighted by Crippen LogP contribution is 2.33. The van der Waals surface area contributed by atoms with Gasteiger partial charge in [0.15, 0.2) is 0 Å². The molecule has 0 bridgehead atoms. The summed E-state index contributed by atoms with van der Waals surface area (Å²) >= 11 is 1.39. The summed E-state index contributed by atoms with van der Waals surface area (Å²) in [6, 6.07) is -0.116. The zero-order valence-corrected chi connectivity index (χ0v) is 13.2. The lowest BCUT2D eigenvalue weighted by Crippen LogP contribution is -2.30. The Labute approximate surface area is 123 Å². The number of hydrogen-bond donors (Lipinski definition) is 2. The van der Waals surface area contributed by atoms with E-state index in [0.29, 0.717) is 0 Å². The minimum absolute atomic E-state index is 0.0587. The van der Waals surface area contributed by atoms with E-state index < -0.39 is 0 Å². The van der Waals surface area contributed by atoms with Gasteiger partial charge in [-0.3, -0.25) is 10.5 Å². The molecule has 7 heteroatoms. The van der Waals surface area contributed by atoms with E-state index in [1.807, 2.05) is 17.1 Å². The lowest BCUT2D eigenvalue weighted by Gasteiger charge is -2.20. The first-order chi connectivity index (χ1) is 9.47. The highest BCUT2D eigenvalue weighted by molar-refractivity contribution is 7.05. The molecule has 2 aromatic heterocycles. The minimum atomic E-state index is -0.116. The second-order valence-electron chi connectivity index (χ2n) is 5.87. The van der Waals surface area contributed by atoms with Crippen molar-refractivity contribution >= 4 is 11.5 Å². The largest absolute Gasteiger partial charge is 0.272 e. The second-order valence-corrected chi connectivity index (χ2v) is 6.66. The fourth-order valence-corrected chi connectivity index (χ4v) is 3.06. The molecule has 1 unspecified atom stereocenters. The molecule has 0 aromatic carbocycles. The minimum Gasteiger partial charge on any atom is -0.272 e. The standard InChI is InChI=1S/C13H22N6S/c1-5-6-19-8-9(7-15-19)10(16-14)11-12(13(2,3)4)17-18-20-11/h7-8,10,16H,5-6,14H2,1-4H3. The van der Waals surface area contributed by atoms with E-state index in [1.54, 1.807) is 0 Å². The lowest BCUT2D eigenvalue weighted by molar-refractivity contribution is 0.543. The molecule has 6 nitrogen and oxygen atoms in total. The topological polar surface area (TPSA) is 81.7 Å². The van der Waals surface area contributed by atoms with Gasteiger partial charge in [-0.15, -0.1) is 5.10 Å². The number of nitrogens with one attached hydrogen (secondary N) is 1. The summed E-state index contributed by atoms with van der Waals surface area (Å²) in [4.78, 5) is 1.05. The molecule has 0 spiro atoms.